The van der Waals surface area contributed by atoms with E-state index in [1.54, 1.807) is 0 Å². The Morgan fingerprint density at radius 2 is 1.30 bits per heavy atom. The summed E-state index contributed by atoms with van der Waals surface area (Å²) in [5.74, 6) is -0.237. The molecule has 0 radical (unpaired) electrons. The number of nitrogens with one attached hydrogen (secondary N) is 2. The van der Waals surface area contributed by atoms with Crippen LogP contribution in [0.2, 0.25) is 0 Å². The fraction of sp³-hybridized carbons (Fsp3) is 0.0625. The summed E-state index contributed by atoms with van der Waals surface area (Å²) in [5, 5.41) is 7.81. The van der Waals surface area contributed by atoms with E-state index in [9.17, 15) is 9.59 Å². The minimum atomic E-state index is -0.444. The predicted molar refractivity (Wildman–Crippen MR) is 153 cm³/mol. The maximum absolute atomic E-state index is 13.5. The lowest BCUT2D eigenvalue weighted by Gasteiger charge is -2.18. The minimum absolute atomic E-state index is 0.0941. The van der Waals surface area contributed by atoms with Crippen molar-refractivity contribution in [2.45, 2.75) is 17.1 Å². The van der Waals surface area contributed by atoms with Crippen LogP contribution in [-0.4, -0.2) is 11.8 Å². The molecular weight excluding hydrogens is 476 g/mol. The van der Waals surface area contributed by atoms with Gasteiger partial charge in [0, 0.05) is 21.8 Å². The molecule has 0 spiro atoms. The molecule has 5 heteroatoms. The highest BCUT2D eigenvalue weighted by Crippen LogP contribution is 2.37. The molecule has 182 valence electrons. The highest BCUT2D eigenvalue weighted by atomic mass is 32.2. The van der Waals surface area contributed by atoms with E-state index in [2.05, 4.69) is 16.7 Å². The number of aryl methyl sites for hydroxylation is 1. The maximum Gasteiger partial charge on any atom is 0.255 e. The molecule has 0 saturated heterocycles. The normalized spacial score (nSPS) is 11.6. The average molecular weight is 503 g/mol. The van der Waals surface area contributed by atoms with Gasteiger partial charge in [0.2, 0.25) is 5.91 Å². The molecule has 0 aliphatic rings. The largest absolute Gasteiger partial charge is 0.325 e. The zero-order valence-electron chi connectivity index (χ0n) is 20.3. The second kappa shape index (κ2) is 11.1. The van der Waals surface area contributed by atoms with Crippen molar-refractivity contribution in [1.82, 2.24) is 0 Å². The molecule has 0 heterocycles. The Kier molecular flexibility index (Phi) is 7.33. The van der Waals surface area contributed by atoms with Crippen LogP contribution in [0.15, 0.2) is 126 Å². The monoisotopic (exact) mass is 502 g/mol. The van der Waals surface area contributed by atoms with Gasteiger partial charge in [-0.15, -0.1) is 11.8 Å². The molecule has 2 amide bonds. The topological polar surface area (TPSA) is 58.2 Å². The zero-order valence-corrected chi connectivity index (χ0v) is 21.2. The standard InChI is InChI=1S/C32H26N2O2S/c1-22-9-5-8-14-29(22)31(35)33-26-17-19-28(20-18-26)37-30(24-11-3-2-4-12-24)32(36)34-27-16-15-23-10-6-7-13-25(23)21-27/h2-21,30H,1H3,(H,33,35)(H,34,36). The molecule has 5 aromatic rings. The lowest BCUT2D eigenvalue weighted by atomic mass is 10.1. The smallest absolute Gasteiger partial charge is 0.255 e. The van der Waals surface area contributed by atoms with Gasteiger partial charge in [-0.1, -0.05) is 78.9 Å². The summed E-state index contributed by atoms with van der Waals surface area (Å²) in [6.07, 6.45) is 0. The van der Waals surface area contributed by atoms with Gasteiger partial charge in [0.15, 0.2) is 0 Å². The number of benzene rings is 5. The number of carbonyl (C=O) groups is 2. The van der Waals surface area contributed by atoms with Crippen molar-refractivity contribution in [3.63, 3.8) is 0 Å². The minimum Gasteiger partial charge on any atom is -0.325 e. The molecule has 5 rings (SSSR count). The van der Waals surface area contributed by atoms with Crippen molar-refractivity contribution in [3.8, 4) is 0 Å². The highest BCUT2D eigenvalue weighted by molar-refractivity contribution is 8.00. The van der Waals surface area contributed by atoms with Gasteiger partial charge in [0.1, 0.15) is 5.25 Å². The fourth-order valence-corrected chi connectivity index (χ4v) is 5.18. The Morgan fingerprint density at radius 3 is 2.05 bits per heavy atom. The first-order valence-electron chi connectivity index (χ1n) is 12.1. The van der Waals surface area contributed by atoms with Crippen molar-refractivity contribution < 1.29 is 9.59 Å². The van der Waals surface area contributed by atoms with Crippen LogP contribution in [-0.2, 0) is 4.79 Å². The lowest BCUT2D eigenvalue weighted by molar-refractivity contribution is -0.115. The number of anilines is 2. The van der Waals surface area contributed by atoms with Crippen LogP contribution in [0.3, 0.4) is 0 Å². The van der Waals surface area contributed by atoms with Crippen molar-refractivity contribution in [1.29, 1.82) is 0 Å². The Hall–Kier alpha value is -4.35. The van der Waals surface area contributed by atoms with Gasteiger partial charge in [-0.3, -0.25) is 9.59 Å². The van der Waals surface area contributed by atoms with E-state index < -0.39 is 5.25 Å². The van der Waals surface area contributed by atoms with E-state index in [1.807, 2.05) is 122 Å². The highest BCUT2D eigenvalue weighted by Gasteiger charge is 2.22. The van der Waals surface area contributed by atoms with Gasteiger partial charge in [0.05, 0.1) is 0 Å². The molecule has 2 N–H and O–H groups in total. The molecule has 0 bridgehead atoms. The van der Waals surface area contributed by atoms with Crippen LogP contribution in [0.4, 0.5) is 11.4 Å². The van der Waals surface area contributed by atoms with Crippen molar-refractivity contribution in [2.24, 2.45) is 0 Å². The van der Waals surface area contributed by atoms with Crippen molar-refractivity contribution in [2.75, 3.05) is 10.6 Å². The molecule has 1 unspecified atom stereocenters. The molecule has 37 heavy (non-hydrogen) atoms. The Bertz CT molecular complexity index is 1550. The number of hydrogen-bond acceptors (Lipinski definition) is 3. The van der Waals surface area contributed by atoms with Gasteiger partial charge >= 0.3 is 0 Å². The molecule has 1 atom stereocenters. The molecule has 4 nitrogen and oxygen atoms in total. The van der Waals surface area contributed by atoms with Gasteiger partial charge in [-0.05, 0) is 71.3 Å². The first-order valence-corrected chi connectivity index (χ1v) is 12.9. The number of thioether (sulfide) groups is 1. The third kappa shape index (κ3) is 5.90. The summed E-state index contributed by atoms with van der Waals surface area (Å²) in [5.41, 5.74) is 3.96. The quantitative estimate of drug-likeness (QED) is 0.223. The summed E-state index contributed by atoms with van der Waals surface area (Å²) in [7, 11) is 0. The first kappa shape index (κ1) is 24.3. The number of fused-ring (bicyclic) bond motifs is 1. The summed E-state index contributed by atoms with van der Waals surface area (Å²) < 4.78 is 0. The summed E-state index contributed by atoms with van der Waals surface area (Å²) in [6, 6.07) is 38.9. The summed E-state index contributed by atoms with van der Waals surface area (Å²) in [4.78, 5) is 27.1. The van der Waals surface area contributed by atoms with Crippen LogP contribution >= 0.6 is 11.8 Å². The van der Waals surface area contributed by atoms with E-state index in [1.165, 1.54) is 11.8 Å². The summed E-state index contributed by atoms with van der Waals surface area (Å²) >= 11 is 1.47. The zero-order chi connectivity index (χ0) is 25.6. The van der Waals surface area contributed by atoms with Gasteiger partial charge < -0.3 is 10.6 Å². The maximum atomic E-state index is 13.5. The van der Waals surface area contributed by atoms with Gasteiger partial charge in [-0.25, -0.2) is 0 Å². The molecule has 0 aliphatic carbocycles. The van der Waals surface area contributed by atoms with Gasteiger partial charge in [0.25, 0.3) is 5.91 Å². The molecular formula is C32H26N2O2S. The van der Waals surface area contributed by atoms with E-state index in [0.717, 1.165) is 32.5 Å². The second-order valence-electron chi connectivity index (χ2n) is 8.75. The van der Waals surface area contributed by atoms with E-state index >= 15 is 0 Å². The van der Waals surface area contributed by atoms with Gasteiger partial charge in [-0.2, -0.15) is 0 Å². The van der Waals surface area contributed by atoms with E-state index in [0.29, 0.717) is 11.3 Å². The number of amides is 2. The predicted octanol–water partition coefficient (Wildman–Crippen LogP) is 7.87. The molecule has 0 saturated carbocycles. The number of rotatable bonds is 7. The third-order valence-corrected chi connectivity index (χ3v) is 7.38. The molecule has 0 aliphatic heterocycles. The summed E-state index contributed by atoms with van der Waals surface area (Å²) in [6.45, 7) is 1.92. The Morgan fingerprint density at radius 1 is 0.649 bits per heavy atom. The van der Waals surface area contributed by atoms with Crippen LogP contribution < -0.4 is 10.6 Å². The Labute approximate surface area is 220 Å². The van der Waals surface area contributed by atoms with E-state index in [-0.39, 0.29) is 11.8 Å². The van der Waals surface area contributed by atoms with Crippen LogP contribution in [0.25, 0.3) is 10.8 Å². The SMILES string of the molecule is Cc1ccccc1C(=O)Nc1ccc(SC(C(=O)Nc2ccc3ccccc3c2)c2ccccc2)cc1. The average Bonchev–Trinajstić information content (AvgIpc) is 2.93. The fourth-order valence-electron chi connectivity index (χ4n) is 4.15. The molecule has 0 aromatic heterocycles. The third-order valence-electron chi connectivity index (χ3n) is 6.11. The van der Waals surface area contributed by atoms with Crippen molar-refractivity contribution >= 4 is 45.7 Å². The van der Waals surface area contributed by atoms with Crippen LogP contribution in [0.1, 0.15) is 26.7 Å². The molecule has 5 aromatic carbocycles. The van der Waals surface area contributed by atoms with Crippen molar-refractivity contribution in [3.05, 3.63) is 138 Å². The van der Waals surface area contributed by atoms with Crippen LogP contribution in [0, 0.1) is 6.92 Å². The second-order valence-corrected chi connectivity index (χ2v) is 9.93. The number of hydrogen-bond donors (Lipinski definition) is 2. The molecule has 0 fully saturated rings. The Balaban J connectivity index is 1.32. The van der Waals surface area contributed by atoms with E-state index in [4.69, 9.17) is 0 Å². The van der Waals surface area contributed by atoms with Crippen LogP contribution in [0.5, 0.6) is 0 Å². The lowest BCUT2D eigenvalue weighted by Crippen LogP contribution is -2.19. The first-order chi connectivity index (χ1) is 18.1. The number of carbonyl (C=O) groups excluding carboxylic acids is 2.